The fourth-order valence-corrected chi connectivity index (χ4v) is 2.39. The van der Waals surface area contributed by atoms with Crippen LogP contribution in [0.4, 0.5) is 8.78 Å². The van der Waals surface area contributed by atoms with Gasteiger partial charge in [-0.1, -0.05) is 0 Å². The number of carbonyl (C=O) groups is 1. The molecule has 1 amide bonds. The topological polar surface area (TPSA) is 20.3 Å². The molecule has 1 aliphatic rings. The molecule has 17 heavy (non-hydrogen) atoms. The van der Waals surface area contributed by atoms with E-state index in [1.54, 1.807) is 4.90 Å². The number of carbonyl (C=O) groups excluding carboxylic acids is 1. The minimum Gasteiger partial charge on any atom is -0.336 e. The van der Waals surface area contributed by atoms with Gasteiger partial charge < -0.3 is 4.90 Å². The normalized spacial score (nSPS) is 19.8. The van der Waals surface area contributed by atoms with Crippen LogP contribution in [0.15, 0.2) is 16.6 Å². The fourth-order valence-electron chi connectivity index (χ4n) is 2.08. The van der Waals surface area contributed by atoms with Gasteiger partial charge in [0, 0.05) is 12.6 Å². The van der Waals surface area contributed by atoms with Crippen molar-refractivity contribution in [1.82, 2.24) is 4.90 Å². The minimum absolute atomic E-state index is 0.0287. The van der Waals surface area contributed by atoms with E-state index >= 15 is 0 Å². The molecule has 1 aromatic rings. The third-order valence-corrected chi connectivity index (χ3v) is 3.69. The Hall–Kier alpha value is -0.970. The van der Waals surface area contributed by atoms with Crippen LogP contribution in [0.1, 0.15) is 30.1 Å². The van der Waals surface area contributed by atoms with E-state index in [1.165, 1.54) is 12.1 Å². The number of hydrogen-bond donors (Lipinski definition) is 0. The summed E-state index contributed by atoms with van der Waals surface area (Å²) < 4.78 is 27.0. The molecule has 0 radical (unpaired) electrons. The summed E-state index contributed by atoms with van der Waals surface area (Å²) in [5.41, 5.74) is -0.195. The van der Waals surface area contributed by atoms with Gasteiger partial charge in [0.1, 0.15) is 0 Å². The molecule has 92 valence electrons. The third-order valence-electron chi connectivity index (χ3n) is 3.08. The van der Waals surface area contributed by atoms with Gasteiger partial charge in [0.2, 0.25) is 0 Å². The Morgan fingerprint density at radius 2 is 2.12 bits per heavy atom. The number of halogens is 3. The molecule has 0 bridgehead atoms. The summed E-state index contributed by atoms with van der Waals surface area (Å²) in [6.07, 6.45) is 1.82. The van der Waals surface area contributed by atoms with E-state index in [4.69, 9.17) is 0 Å². The van der Waals surface area contributed by atoms with Crippen LogP contribution in [0.3, 0.4) is 0 Å². The standard InChI is InChI=1S/C12H12BrF2NO/c1-7-3-2-6-16(7)12(17)8-4-5-9(13)11(15)10(8)14/h4-5,7H,2-3,6H2,1H3/t7-/m0/s1. The Bertz CT molecular complexity index is 464. The van der Waals surface area contributed by atoms with Gasteiger partial charge in [-0.3, -0.25) is 4.79 Å². The van der Waals surface area contributed by atoms with E-state index in [2.05, 4.69) is 15.9 Å². The number of likely N-dealkylation sites (tertiary alicyclic amines) is 1. The lowest BCUT2D eigenvalue weighted by Crippen LogP contribution is -2.34. The lowest BCUT2D eigenvalue weighted by Gasteiger charge is -2.21. The van der Waals surface area contributed by atoms with Gasteiger partial charge in [-0.2, -0.15) is 0 Å². The van der Waals surface area contributed by atoms with Crippen LogP contribution in [0.25, 0.3) is 0 Å². The summed E-state index contributed by atoms with van der Waals surface area (Å²) in [4.78, 5) is 13.6. The lowest BCUT2D eigenvalue weighted by molar-refractivity contribution is 0.0741. The molecule has 0 aliphatic carbocycles. The Kier molecular flexibility index (Phi) is 3.47. The highest BCUT2D eigenvalue weighted by Crippen LogP contribution is 2.25. The number of hydrogen-bond acceptors (Lipinski definition) is 1. The second kappa shape index (κ2) is 4.72. The average Bonchev–Trinajstić information content (AvgIpc) is 2.72. The number of rotatable bonds is 1. The van der Waals surface area contributed by atoms with E-state index < -0.39 is 17.5 Å². The van der Waals surface area contributed by atoms with Crippen LogP contribution < -0.4 is 0 Å². The summed E-state index contributed by atoms with van der Waals surface area (Å²) in [5, 5.41) is 0. The molecule has 1 fully saturated rings. The molecule has 0 saturated carbocycles. The fraction of sp³-hybridized carbons (Fsp3) is 0.417. The van der Waals surface area contributed by atoms with Crippen LogP contribution >= 0.6 is 15.9 Å². The summed E-state index contributed by atoms with van der Waals surface area (Å²) in [7, 11) is 0. The Labute approximate surface area is 107 Å². The number of amides is 1. The van der Waals surface area contributed by atoms with Crippen LogP contribution in [0, 0.1) is 11.6 Å². The summed E-state index contributed by atoms with van der Waals surface area (Å²) >= 11 is 2.88. The van der Waals surface area contributed by atoms with Crippen molar-refractivity contribution >= 4 is 21.8 Å². The molecule has 0 N–H and O–H groups in total. The van der Waals surface area contributed by atoms with E-state index in [0.29, 0.717) is 6.54 Å². The molecular formula is C12H12BrF2NO. The first-order chi connectivity index (χ1) is 8.02. The Morgan fingerprint density at radius 3 is 2.71 bits per heavy atom. The Balaban J connectivity index is 2.34. The van der Waals surface area contributed by atoms with Crippen molar-refractivity contribution in [2.75, 3.05) is 6.54 Å². The van der Waals surface area contributed by atoms with Crippen molar-refractivity contribution in [2.45, 2.75) is 25.8 Å². The smallest absolute Gasteiger partial charge is 0.257 e. The molecular weight excluding hydrogens is 292 g/mol. The van der Waals surface area contributed by atoms with Gasteiger partial charge >= 0.3 is 0 Å². The van der Waals surface area contributed by atoms with Crippen molar-refractivity contribution in [2.24, 2.45) is 0 Å². The van der Waals surface area contributed by atoms with Gasteiger partial charge in [0.25, 0.3) is 5.91 Å². The van der Waals surface area contributed by atoms with Crippen molar-refractivity contribution in [3.05, 3.63) is 33.8 Å². The zero-order valence-corrected chi connectivity index (χ0v) is 10.9. The van der Waals surface area contributed by atoms with Crippen molar-refractivity contribution < 1.29 is 13.6 Å². The second-order valence-corrected chi connectivity index (χ2v) is 5.07. The first kappa shape index (κ1) is 12.5. The summed E-state index contributed by atoms with van der Waals surface area (Å²) in [6.45, 7) is 2.52. The second-order valence-electron chi connectivity index (χ2n) is 4.21. The van der Waals surface area contributed by atoms with Gasteiger partial charge in [-0.25, -0.2) is 8.78 Å². The quantitative estimate of drug-likeness (QED) is 0.729. The first-order valence-corrected chi connectivity index (χ1v) is 6.26. The molecule has 0 aromatic heterocycles. The molecule has 0 spiro atoms. The monoisotopic (exact) mass is 303 g/mol. The molecule has 0 unspecified atom stereocenters. The molecule has 2 nitrogen and oxygen atoms in total. The largest absolute Gasteiger partial charge is 0.336 e. The molecule has 2 rings (SSSR count). The highest BCUT2D eigenvalue weighted by molar-refractivity contribution is 9.10. The van der Waals surface area contributed by atoms with Crippen LogP contribution in [0.5, 0.6) is 0 Å². The van der Waals surface area contributed by atoms with Crippen molar-refractivity contribution in [3.8, 4) is 0 Å². The Morgan fingerprint density at radius 1 is 1.41 bits per heavy atom. The van der Waals surface area contributed by atoms with Crippen molar-refractivity contribution in [3.63, 3.8) is 0 Å². The molecule has 1 saturated heterocycles. The SMILES string of the molecule is C[C@H]1CCCN1C(=O)c1ccc(Br)c(F)c1F. The number of nitrogens with zero attached hydrogens (tertiary/aromatic N) is 1. The predicted octanol–water partition coefficient (Wildman–Crippen LogP) is 3.35. The highest BCUT2D eigenvalue weighted by Gasteiger charge is 2.28. The number of benzene rings is 1. The van der Waals surface area contributed by atoms with Crippen LogP contribution in [0.2, 0.25) is 0 Å². The van der Waals surface area contributed by atoms with Gasteiger partial charge in [-0.05, 0) is 47.8 Å². The molecule has 1 heterocycles. The van der Waals surface area contributed by atoms with E-state index in [9.17, 15) is 13.6 Å². The zero-order valence-electron chi connectivity index (χ0n) is 9.34. The molecule has 1 aliphatic heterocycles. The summed E-state index contributed by atoms with van der Waals surface area (Å²) in [6, 6.07) is 2.76. The minimum atomic E-state index is -1.08. The van der Waals surface area contributed by atoms with Gasteiger partial charge in [-0.15, -0.1) is 0 Å². The van der Waals surface area contributed by atoms with Crippen molar-refractivity contribution in [1.29, 1.82) is 0 Å². The third kappa shape index (κ3) is 2.20. The van der Waals surface area contributed by atoms with Gasteiger partial charge in [0.15, 0.2) is 11.6 Å². The molecule has 5 heteroatoms. The van der Waals surface area contributed by atoms with E-state index in [-0.39, 0.29) is 16.1 Å². The lowest BCUT2D eigenvalue weighted by atomic mass is 10.1. The maximum Gasteiger partial charge on any atom is 0.257 e. The average molecular weight is 304 g/mol. The molecule has 1 atom stereocenters. The zero-order chi connectivity index (χ0) is 12.6. The summed E-state index contributed by atoms with van der Waals surface area (Å²) in [5.74, 6) is -2.52. The predicted molar refractivity (Wildman–Crippen MR) is 63.8 cm³/mol. The maximum absolute atomic E-state index is 13.6. The van der Waals surface area contributed by atoms with Gasteiger partial charge in [0.05, 0.1) is 10.0 Å². The first-order valence-electron chi connectivity index (χ1n) is 5.47. The molecule has 1 aromatic carbocycles. The maximum atomic E-state index is 13.6. The van der Waals surface area contributed by atoms with Crippen LogP contribution in [-0.4, -0.2) is 23.4 Å². The highest BCUT2D eigenvalue weighted by atomic mass is 79.9. The van der Waals surface area contributed by atoms with E-state index in [0.717, 1.165) is 12.8 Å². The van der Waals surface area contributed by atoms with Crippen LogP contribution in [-0.2, 0) is 0 Å². The van der Waals surface area contributed by atoms with E-state index in [1.807, 2.05) is 6.92 Å².